The third-order valence-corrected chi connectivity index (χ3v) is 7.27. The predicted molar refractivity (Wildman–Crippen MR) is 117 cm³/mol. The van der Waals surface area contributed by atoms with Gasteiger partial charge in [0.15, 0.2) is 0 Å². The van der Waals surface area contributed by atoms with Crippen molar-refractivity contribution in [3.63, 3.8) is 0 Å². The molecule has 0 heterocycles. The molecule has 180 valence electrons. The molecule has 0 spiro atoms. The summed E-state index contributed by atoms with van der Waals surface area (Å²) in [7, 11) is 0. The van der Waals surface area contributed by atoms with E-state index in [4.69, 9.17) is 0 Å². The molecule has 2 atom stereocenters. The van der Waals surface area contributed by atoms with Crippen molar-refractivity contribution < 1.29 is 26.7 Å². The molecule has 2 fully saturated rings. The first-order valence-electron chi connectivity index (χ1n) is 12.0. The van der Waals surface area contributed by atoms with Gasteiger partial charge in [0.2, 0.25) is 0 Å². The number of halogens is 5. The van der Waals surface area contributed by atoms with E-state index in [1.54, 1.807) is 12.1 Å². The molecule has 0 saturated heterocycles. The van der Waals surface area contributed by atoms with Crippen molar-refractivity contribution in [1.82, 2.24) is 0 Å². The number of benzene rings is 1. The molecular weight excluding hydrogens is 423 g/mol. The Kier molecular flexibility index (Phi) is 8.62. The van der Waals surface area contributed by atoms with Crippen LogP contribution < -0.4 is 4.74 Å². The topological polar surface area (TPSA) is 9.23 Å². The number of ether oxygens (including phenoxy) is 1. The van der Waals surface area contributed by atoms with Crippen LogP contribution in [0.25, 0.3) is 0 Å². The molecule has 0 aromatic heterocycles. The summed E-state index contributed by atoms with van der Waals surface area (Å²) < 4.78 is 69.7. The molecule has 1 aromatic rings. The molecule has 3 rings (SSSR count). The Morgan fingerprint density at radius 3 is 2.12 bits per heavy atom. The molecular formula is C26H35F5O. The fourth-order valence-electron chi connectivity index (χ4n) is 5.47. The van der Waals surface area contributed by atoms with Crippen LogP contribution in [-0.2, 0) is 0 Å². The van der Waals surface area contributed by atoms with E-state index in [0.717, 1.165) is 56.9 Å². The Morgan fingerprint density at radius 1 is 0.906 bits per heavy atom. The molecule has 6 heteroatoms. The molecule has 0 aliphatic heterocycles. The summed E-state index contributed by atoms with van der Waals surface area (Å²) in [4.78, 5) is 0. The van der Waals surface area contributed by atoms with E-state index in [0.29, 0.717) is 24.7 Å². The smallest absolute Gasteiger partial charge is 0.406 e. The highest BCUT2D eigenvalue weighted by Crippen LogP contribution is 2.44. The van der Waals surface area contributed by atoms with Gasteiger partial charge in [0.05, 0.1) is 0 Å². The Balaban J connectivity index is 1.38. The zero-order chi connectivity index (χ0) is 23.2. The molecule has 2 saturated carbocycles. The molecule has 1 nitrogen and oxygen atoms in total. The number of rotatable bonds is 8. The highest BCUT2D eigenvalue weighted by atomic mass is 19.4. The van der Waals surface area contributed by atoms with Crippen molar-refractivity contribution in [2.45, 2.75) is 95.8 Å². The zero-order valence-corrected chi connectivity index (χ0v) is 18.8. The van der Waals surface area contributed by atoms with E-state index in [9.17, 15) is 22.0 Å². The Morgan fingerprint density at radius 2 is 1.53 bits per heavy atom. The predicted octanol–water partition coefficient (Wildman–Crippen LogP) is 9.05. The lowest BCUT2D eigenvalue weighted by molar-refractivity contribution is -0.274. The van der Waals surface area contributed by atoms with Crippen molar-refractivity contribution in [2.24, 2.45) is 17.8 Å². The highest BCUT2D eigenvalue weighted by molar-refractivity contribution is 5.29. The molecule has 0 bridgehead atoms. The van der Waals surface area contributed by atoms with Crippen LogP contribution in [-0.4, -0.2) is 12.3 Å². The maximum absolute atomic E-state index is 14.4. The standard InChI is InChI=1S/C26H35F5O/c1-2-5-20-10-15-23(25(27,28)18-20)7-4-3-6-19-8-11-21(12-9-19)22-13-16-24(17-14-22)32-26(29,30)31/h3-4,13-14,16-17,19-21,23H,2,5-12,15,18H2,1H3/b4-3-. The summed E-state index contributed by atoms with van der Waals surface area (Å²) >= 11 is 0. The monoisotopic (exact) mass is 458 g/mol. The summed E-state index contributed by atoms with van der Waals surface area (Å²) in [6, 6.07) is 6.20. The molecule has 0 radical (unpaired) electrons. The summed E-state index contributed by atoms with van der Waals surface area (Å²) in [6.45, 7) is 2.06. The van der Waals surface area contributed by atoms with Crippen LogP contribution in [0.2, 0.25) is 0 Å². The summed E-state index contributed by atoms with van der Waals surface area (Å²) in [5.41, 5.74) is 1.05. The van der Waals surface area contributed by atoms with Crippen LogP contribution in [0.4, 0.5) is 22.0 Å². The fraction of sp³-hybridized carbons (Fsp3) is 0.692. The van der Waals surface area contributed by atoms with E-state index in [1.165, 1.54) is 12.1 Å². The SMILES string of the molecule is CCCC1CCC(C/C=C\CC2CCC(c3ccc(OC(F)(F)F)cc3)CC2)C(F)(F)C1. The third-order valence-electron chi connectivity index (χ3n) is 7.27. The lowest BCUT2D eigenvalue weighted by atomic mass is 9.75. The molecule has 2 aliphatic carbocycles. The van der Waals surface area contributed by atoms with E-state index in [2.05, 4.69) is 17.7 Å². The quantitative estimate of drug-likeness (QED) is 0.279. The van der Waals surface area contributed by atoms with Crippen molar-refractivity contribution >= 4 is 0 Å². The van der Waals surface area contributed by atoms with Gasteiger partial charge in [0, 0.05) is 12.3 Å². The summed E-state index contributed by atoms with van der Waals surface area (Å²) in [5.74, 6) is -2.17. The van der Waals surface area contributed by atoms with Gasteiger partial charge in [0.25, 0.3) is 5.92 Å². The number of allylic oxidation sites excluding steroid dienone is 2. The largest absolute Gasteiger partial charge is 0.573 e. The molecule has 2 aliphatic rings. The van der Waals surface area contributed by atoms with E-state index in [-0.39, 0.29) is 18.1 Å². The normalized spacial score (nSPS) is 28.7. The second-order valence-corrected chi connectivity index (χ2v) is 9.67. The van der Waals surface area contributed by atoms with Crippen molar-refractivity contribution in [3.05, 3.63) is 42.0 Å². The maximum Gasteiger partial charge on any atom is 0.573 e. The first kappa shape index (κ1) is 25.0. The van der Waals surface area contributed by atoms with Crippen molar-refractivity contribution in [3.8, 4) is 5.75 Å². The zero-order valence-electron chi connectivity index (χ0n) is 18.8. The second-order valence-electron chi connectivity index (χ2n) is 9.67. The number of hydrogen-bond donors (Lipinski definition) is 0. The van der Waals surface area contributed by atoms with Crippen LogP contribution in [0.1, 0.15) is 89.0 Å². The number of hydrogen-bond acceptors (Lipinski definition) is 1. The first-order chi connectivity index (χ1) is 15.2. The van der Waals surface area contributed by atoms with Crippen LogP contribution in [0.3, 0.4) is 0 Å². The Labute approximate surface area is 188 Å². The van der Waals surface area contributed by atoms with Gasteiger partial charge in [-0.15, -0.1) is 13.2 Å². The minimum Gasteiger partial charge on any atom is -0.406 e. The van der Waals surface area contributed by atoms with Crippen LogP contribution >= 0.6 is 0 Å². The van der Waals surface area contributed by atoms with E-state index >= 15 is 0 Å². The second kappa shape index (κ2) is 11.0. The lowest BCUT2D eigenvalue weighted by Crippen LogP contribution is -2.35. The summed E-state index contributed by atoms with van der Waals surface area (Å²) in [6.07, 6.45) is 8.34. The van der Waals surface area contributed by atoms with Gasteiger partial charge in [0.1, 0.15) is 5.75 Å². The lowest BCUT2D eigenvalue weighted by Gasteiger charge is -2.35. The Hall–Kier alpha value is -1.59. The van der Waals surface area contributed by atoms with E-state index in [1.807, 2.05) is 6.08 Å². The first-order valence-corrected chi connectivity index (χ1v) is 12.0. The molecule has 2 unspecified atom stereocenters. The van der Waals surface area contributed by atoms with Gasteiger partial charge < -0.3 is 4.74 Å². The van der Waals surface area contributed by atoms with Gasteiger partial charge >= 0.3 is 6.36 Å². The van der Waals surface area contributed by atoms with Gasteiger partial charge in [-0.1, -0.05) is 44.1 Å². The van der Waals surface area contributed by atoms with Crippen LogP contribution in [0.5, 0.6) is 5.75 Å². The highest BCUT2D eigenvalue weighted by Gasteiger charge is 2.43. The molecule has 0 amide bonds. The Bertz CT molecular complexity index is 717. The number of alkyl halides is 5. The van der Waals surface area contributed by atoms with Gasteiger partial charge in [-0.2, -0.15) is 0 Å². The third kappa shape index (κ3) is 7.48. The van der Waals surface area contributed by atoms with Gasteiger partial charge in [-0.25, -0.2) is 8.78 Å². The average Bonchev–Trinajstić information content (AvgIpc) is 2.72. The van der Waals surface area contributed by atoms with Gasteiger partial charge in [-0.05, 0) is 86.8 Å². The van der Waals surface area contributed by atoms with Gasteiger partial charge in [-0.3, -0.25) is 0 Å². The molecule has 0 N–H and O–H groups in total. The minimum atomic E-state index is -4.67. The van der Waals surface area contributed by atoms with Crippen molar-refractivity contribution in [2.75, 3.05) is 0 Å². The molecule has 1 aromatic carbocycles. The minimum absolute atomic E-state index is 0.0483. The van der Waals surface area contributed by atoms with E-state index < -0.39 is 18.2 Å². The fourth-order valence-corrected chi connectivity index (χ4v) is 5.47. The van der Waals surface area contributed by atoms with Crippen molar-refractivity contribution in [1.29, 1.82) is 0 Å². The average molecular weight is 459 g/mol. The summed E-state index contributed by atoms with van der Waals surface area (Å²) in [5, 5.41) is 0. The maximum atomic E-state index is 14.4. The van der Waals surface area contributed by atoms with Crippen LogP contribution in [0.15, 0.2) is 36.4 Å². The van der Waals surface area contributed by atoms with Crippen LogP contribution in [0, 0.1) is 17.8 Å². The molecule has 32 heavy (non-hydrogen) atoms.